The molecule has 3 rings (SSSR count). The van der Waals surface area contributed by atoms with Gasteiger partial charge >= 0.3 is 0 Å². The molecule has 126 valence electrons. The summed E-state index contributed by atoms with van der Waals surface area (Å²) in [5, 5.41) is -0.126. The van der Waals surface area contributed by atoms with Gasteiger partial charge < -0.3 is 4.74 Å². The number of thioether (sulfide) groups is 1. The van der Waals surface area contributed by atoms with Crippen LogP contribution in [0.2, 0.25) is 0 Å². The van der Waals surface area contributed by atoms with E-state index < -0.39 is 0 Å². The number of rotatable bonds is 7. The lowest BCUT2D eigenvalue weighted by molar-refractivity contribution is 0.0994. The minimum Gasteiger partial charge on any atom is -0.489 e. The molecule has 0 aliphatic rings. The van der Waals surface area contributed by atoms with Gasteiger partial charge in [-0.2, -0.15) is 0 Å². The smallest absolute Gasteiger partial charge is 0.175 e. The first-order valence-electron chi connectivity index (χ1n) is 8.25. The van der Waals surface area contributed by atoms with Crippen molar-refractivity contribution in [2.75, 3.05) is 0 Å². The third kappa shape index (κ3) is 4.97. The van der Waals surface area contributed by atoms with E-state index >= 15 is 0 Å². The first-order chi connectivity index (χ1) is 12.2. The summed E-state index contributed by atoms with van der Waals surface area (Å²) in [7, 11) is 0. The Morgan fingerprint density at radius 2 is 1.48 bits per heavy atom. The maximum absolute atomic E-state index is 12.6. The number of carbonyl (C=O) groups excluding carboxylic acids is 1. The van der Waals surface area contributed by atoms with Gasteiger partial charge in [-0.25, -0.2) is 0 Å². The van der Waals surface area contributed by atoms with E-state index in [0.29, 0.717) is 12.2 Å². The number of carbonyl (C=O) groups is 1. The van der Waals surface area contributed by atoms with Crippen LogP contribution in [0.1, 0.15) is 22.8 Å². The molecule has 0 amide bonds. The first-order valence-corrected chi connectivity index (χ1v) is 9.13. The zero-order valence-electron chi connectivity index (χ0n) is 14.1. The maximum atomic E-state index is 12.6. The Kier molecular flexibility index (Phi) is 5.91. The second-order valence-electron chi connectivity index (χ2n) is 5.74. The minimum atomic E-state index is -0.126. The van der Waals surface area contributed by atoms with Gasteiger partial charge in [-0.3, -0.25) is 4.79 Å². The van der Waals surface area contributed by atoms with Crippen LogP contribution in [0.15, 0.2) is 89.8 Å². The number of benzene rings is 3. The molecule has 1 unspecified atom stereocenters. The van der Waals surface area contributed by atoms with Crippen LogP contribution in [0.4, 0.5) is 0 Å². The topological polar surface area (TPSA) is 26.3 Å². The summed E-state index contributed by atoms with van der Waals surface area (Å²) >= 11 is 1.58. The molecule has 0 saturated heterocycles. The Bertz CT molecular complexity index is 798. The van der Waals surface area contributed by atoms with Crippen molar-refractivity contribution in [3.05, 3.63) is 96.1 Å². The van der Waals surface area contributed by atoms with Crippen molar-refractivity contribution < 1.29 is 9.53 Å². The molecular formula is C22H20O2S. The van der Waals surface area contributed by atoms with Gasteiger partial charge in [0.15, 0.2) is 5.78 Å². The van der Waals surface area contributed by atoms with Crippen LogP contribution in [0.3, 0.4) is 0 Å². The quantitative estimate of drug-likeness (QED) is 0.409. The normalized spacial score (nSPS) is 11.7. The molecule has 3 aromatic rings. The van der Waals surface area contributed by atoms with Gasteiger partial charge in [0.05, 0.1) is 5.25 Å². The fraction of sp³-hybridized carbons (Fsp3) is 0.136. The van der Waals surface area contributed by atoms with Gasteiger partial charge in [-0.05, 0) is 48.9 Å². The van der Waals surface area contributed by atoms with E-state index in [1.807, 2.05) is 91.9 Å². The van der Waals surface area contributed by atoms with Crippen molar-refractivity contribution in [3.8, 4) is 5.75 Å². The third-order valence-electron chi connectivity index (χ3n) is 3.81. The molecule has 0 spiro atoms. The fourth-order valence-corrected chi connectivity index (χ4v) is 3.41. The van der Waals surface area contributed by atoms with Crippen LogP contribution in [0, 0.1) is 0 Å². The highest BCUT2D eigenvalue weighted by molar-refractivity contribution is 8.00. The highest BCUT2D eigenvalue weighted by atomic mass is 32.2. The van der Waals surface area contributed by atoms with Crippen LogP contribution in [0.25, 0.3) is 0 Å². The molecule has 0 N–H and O–H groups in total. The van der Waals surface area contributed by atoms with Crippen LogP contribution in [0.5, 0.6) is 5.75 Å². The van der Waals surface area contributed by atoms with Gasteiger partial charge in [0.2, 0.25) is 0 Å². The van der Waals surface area contributed by atoms with E-state index in [-0.39, 0.29) is 11.0 Å². The Hall–Kier alpha value is -2.52. The minimum absolute atomic E-state index is 0.126. The molecule has 25 heavy (non-hydrogen) atoms. The molecular weight excluding hydrogens is 328 g/mol. The zero-order valence-corrected chi connectivity index (χ0v) is 14.9. The molecule has 0 bridgehead atoms. The Balaban J connectivity index is 1.58. The van der Waals surface area contributed by atoms with E-state index in [4.69, 9.17) is 4.74 Å². The van der Waals surface area contributed by atoms with Crippen LogP contribution in [-0.2, 0) is 6.61 Å². The molecule has 0 radical (unpaired) electrons. The molecule has 0 fully saturated rings. The third-order valence-corrected chi connectivity index (χ3v) is 4.92. The van der Waals surface area contributed by atoms with E-state index in [1.165, 1.54) is 0 Å². The Morgan fingerprint density at radius 3 is 2.12 bits per heavy atom. The molecule has 0 saturated carbocycles. The Morgan fingerprint density at radius 1 is 0.880 bits per heavy atom. The number of ether oxygens (including phenoxy) is 1. The number of ketones is 1. The summed E-state index contributed by atoms with van der Waals surface area (Å²) in [5.74, 6) is 0.896. The van der Waals surface area contributed by atoms with E-state index in [2.05, 4.69) is 0 Å². The van der Waals surface area contributed by atoms with Crippen LogP contribution < -0.4 is 4.74 Å². The summed E-state index contributed by atoms with van der Waals surface area (Å²) < 4.78 is 5.77. The average Bonchev–Trinajstić information content (AvgIpc) is 2.68. The summed E-state index contributed by atoms with van der Waals surface area (Å²) in [4.78, 5) is 13.7. The van der Waals surface area contributed by atoms with Crippen molar-refractivity contribution in [2.24, 2.45) is 0 Å². The summed E-state index contributed by atoms with van der Waals surface area (Å²) in [6, 6.07) is 27.4. The lowest BCUT2D eigenvalue weighted by Gasteiger charge is -2.11. The van der Waals surface area contributed by atoms with Gasteiger partial charge in [0, 0.05) is 10.5 Å². The Labute approximate surface area is 152 Å². The maximum Gasteiger partial charge on any atom is 0.175 e. The van der Waals surface area contributed by atoms with Crippen molar-refractivity contribution >= 4 is 17.5 Å². The molecule has 3 aromatic carbocycles. The number of Topliss-reactive ketones (excluding diaryl/α,β-unsaturated/α-hetero) is 1. The van der Waals surface area contributed by atoms with Crippen molar-refractivity contribution in [1.82, 2.24) is 0 Å². The number of hydrogen-bond acceptors (Lipinski definition) is 3. The second-order valence-corrected chi connectivity index (χ2v) is 7.15. The van der Waals surface area contributed by atoms with Crippen LogP contribution in [-0.4, -0.2) is 11.0 Å². The standard InChI is InChI=1S/C22H20O2S/c1-17(25-21-10-6-3-7-11-21)22(23)19-12-14-20(15-13-19)24-16-18-8-4-2-5-9-18/h2-15,17H,16H2,1H3. The molecule has 0 aliphatic heterocycles. The van der Waals surface area contributed by atoms with E-state index in [9.17, 15) is 4.79 Å². The lowest BCUT2D eigenvalue weighted by Crippen LogP contribution is -2.13. The average molecular weight is 348 g/mol. The molecule has 0 aliphatic carbocycles. The highest BCUT2D eigenvalue weighted by Gasteiger charge is 2.16. The molecule has 3 heteroatoms. The van der Waals surface area contributed by atoms with Gasteiger partial charge in [0.1, 0.15) is 12.4 Å². The lowest BCUT2D eigenvalue weighted by atomic mass is 10.1. The summed E-state index contributed by atoms with van der Waals surface area (Å²) in [6.45, 7) is 2.47. The fourth-order valence-electron chi connectivity index (χ4n) is 2.45. The van der Waals surface area contributed by atoms with E-state index in [1.54, 1.807) is 11.8 Å². The molecule has 2 nitrogen and oxygen atoms in total. The SMILES string of the molecule is CC(Sc1ccccc1)C(=O)c1ccc(OCc2ccccc2)cc1. The number of hydrogen-bond donors (Lipinski definition) is 0. The van der Waals surface area contributed by atoms with E-state index in [0.717, 1.165) is 16.2 Å². The van der Waals surface area contributed by atoms with Crippen molar-refractivity contribution in [3.63, 3.8) is 0 Å². The van der Waals surface area contributed by atoms with Gasteiger partial charge in [-0.15, -0.1) is 11.8 Å². The zero-order chi connectivity index (χ0) is 17.5. The molecule has 0 heterocycles. The summed E-state index contributed by atoms with van der Waals surface area (Å²) in [5.41, 5.74) is 1.83. The monoisotopic (exact) mass is 348 g/mol. The summed E-state index contributed by atoms with van der Waals surface area (Å²) in [6.07, 6.45) is 0. The van der Waals surface area contributed by atoms with Crippen molar-refractivity contribution in [2.45, 2.75) is 23.7 Å². The van der Waals surface area contributed by atoms with Gasteiger partial charge in [0.25, 0.3) is 0 Å². The van der Waals surface area contributed by atoms with Crippen LogP contribution >= 0.6 is 11.8 Å². The predicted octanol–water partition coefficient (Wildman–Crippen LogP) is 5.63. The van der Waals surface area contributed by atoms with Gasteiger partial charge in [-0.1, -0.05) is 48.5 Å². The second kappa shape index (κ2) is 8.54. The highest BCUT2D eigenvalue weighted by Crippen LogP contribution is 2.26. The molecule has 1 atom stereocenters. The first kappa shape index (κ1) is 17.3. The largest absolute Gasteiger partial charge is 0.489 e. The van der Waals surface area contributed by atoms with Crippen molar-refractivity contribution in [1.29, 1.82) is 0 Å². The predicted molar refractivity (Wildman–Crippen MR) is 103 cm³/mol. The molecule has 0 aromatic heterocycles.